The minimum Gasteiger partial charge on any atom is -0.480 e. The van der Waals surface area contributed by atoms with Gasteiger partial charge in [-0.15, -0.1) is 0 Å². The number of ether oxygens (including phenoxy) is 1. The van der Waals surface area contributed by atoms with Crippen LogP contribution < -0.4 is 5.32 Å². The van der Waals surface area contributed by atoms with Gasteiger partial charge in [0.2, 0.25) is 0 Å². The summed E-state index contributed by atoms with van der Waals surface area (Å²) in [5.41, 5.74) is -3.03. The van der Waals surface area contributed by atoms with Crippen LogP contribution in [-0.2, 0) is 15.7 Å². The molecule has 11 heteroatoms. The van der Waals surface area contributed by atoms with E-state index in [1.165, 1.54) is 7.11 Å². The second-order valence-corrected chi connectivity index (χ2v) is 4.63. The quantitative estimate of drug-likeness (QED) is 0.572. The first-order valence-corrected chi connectivity index (χ1v) is 6.46. The molecule has 1 atom stereocenters. The molecule has 0 aliphatic rings. The fourth-order valence-corrected chi connectivity index (χ4v) is 1.78. The molecule has 0 aliphatic carbocycles. The number of carboxylic acid groups (broad SMARTS) is 1. The molecule has 8 nitrogen and oxygen atoms in total. The number of carbonyl (C=O) groups is 2. The summed E-state index contributed by atoms with van der Waals surface area (Å²) in [6.45, 7) is -0.00759. The van der Waals surface area contributed by atoms with Crippen molar-refractivity contribution in [2.45, 2.75) is 18.6 Å². The number of rotatable bonds is 7. The third-order valence-corrected chi connectivity index (χ3v) is 2.98. The molecule has 0 bridgehead atoms. The summed E-state index contributed by atoms with van der Waals surface area (Å²) in [5, 5.41) is 21.9. The second-order valence-electron chi connectivity index (χ2n) is 4.63. The zero-order valence-corrected chi connectivity index (χ0v) is 12.3. The molecular weight excluding hydrogens is 337 g/mol. The van der Waals surface area contributed by atoms with Gasteiger partial charge in [0.1, 0.15) is 11.6 Å². The maximum absolute atomic E-state index is 12.6. The molecule has 0 saturated heterocycles. The number of nitrogens with one attached hydrogen (secondary N) is 1. The Hall–Kier alpha value is -2.69. The molecule has 2 N–H and O–H groups in total. The summed E-state index contributed by atoms with van der Waals surface area (Å²) in [4.78, 5) is 32.8. The van der Waals surface area contributed by atoms with Crippen LogP contribution in [0.1, 0.15) is 22.3 Å². The standard InChI is InChI=1S/C13H13F3N2O6/c1-24-5-4-9(12(20)21)17-11(19)8-3-2-7(13(14,15)16)6-10(8)18(22)23/h2-3,6,9H,4-5H2,1H3,(H,17,19)(H,20,21). The largest absolute Gasteiger partial charge is 0.480 e. The van der Waals surface area contributed by atoms with E-state index in [9.17, 15) is 32.9 Å². The van der Waals surface area contributed by atoms with Gasteiger partial charge in [0.05, 0.1) is 10.5 Å². The molecule has 24 heavy (non-hydrogen) atoms. The van der Waals surface area contributed by atoms with Gasteiger partial charge in [0.15, 0.2) is 0 Å². The molecule has 1 unspecified atom stereocenters. The molecule has 0 radical (unpaired) electrons. The predicted molar refractivity (Wildman–Crippen MR) is 73.5 cm³/mol. The number of hydrogen-bond acceptors (Lipinski definition) is 5. The van der Waals surface area contributed by atoms with Crippen molar-refractivity contribution in [2.24, 2.45) is 0 Å². The summed E-state index contributed by atoms with van der Waals surface area (Å²) in [5.74, 6) is -2.58. The Bertz CT molecular complexity index is 647. The molecule has 0 fully saturated rings. The topological polar surface area (TPSA) is 119 Å². The van der Waals surface area contributed by atoms with Gasteiger partial charge in [0.25, 0.3) is 11.6 Å². The average Bonchev–Trinajstić information content (AvgIpc) is 2.49. The van der Waals surface area contributed by atoms with Gasteiger partial charge in [-0.25, -0.2) is 4.79 Å². The number of hydrogen-bond donors (Lipinski definition) is 2. The number of carboxylic acids is 1. The lowest BCUT2D eigenvalue weighted by Crippen LogP contribution is -2.41. The van der Waals surface area contributed by atoms with Gasteiger partial charge in [-0.1, -0.05) is 0 Å². The van der Waals surface area contributed by atoms with Crippen molar-refractivity contribution in [3.63, 3.8) is 0 Å². The molecule has 0 heterocycles. The van der Waals surface area contributed by atoms with E-state index < -0.39 is 45.8 Å². The zero-order valence-electron chi connectivity index (χ0n) is 12.3. The fraction of sp³-hybridized carbons (Fsp3) is 0.385. The number of carbonyl (C=O) groups excluding carboxylic acids is 1. The Morgan fingerprint density at radius 1 is 1.42 bits per heavy atom. The molecule has 1 aromatic rings. The van der Waals surface area contributed by atoms with Crippen LogP contribution in [0.4, 0.5) is 18.9 Å². The Morgan fingerprint density at radius 3 is 2.50 bits per heavy atom. The molecular formula is C13H13F3N2O6. The number of aliphatic carboxylic acids is 1. The predicted octanol–water partition coefficient (Wildman–Crippen LogP) is 1.83. The number of nitro benzene ring substituents is 1. The summed E-state index contributed by atoms with van der Waals surface area (Å²) < 4.78 is 42.5. The van der Waals surface area contributed by atoms with Crippen LogP contribution in [0.5, 0.6) is 0 Å². The van der Waals surface area contributed by atoms with Crippen LogP contribution in [0.2, 0.25) is 0 Å². The number of halogens is 3. The number of amides is 1. The van der Waals surface area contributed by atoms with Crippen LogP contribution in [0.25, 0.3) is 0 Å². The molecule has 132 valence electrons. The fourth-order valence-electron chi connectivity index (χ4n) is 1.78. The van der Waals surface area contributed by atoms with Crippen LogP contribution in [-0.4, -0.2) is 41.7 Å². The van der Waals surface area contributed by atoms with Gasteiger partial charge in [-0.3, -0.25) is 14.9 Å². The van der Waals surface area contributed by atoms with Crippen molar-refractivity contribution in [1.29, 1.82) is 0 Å². The number of nitro groups is 1. The van der Waals surface area contributed by atoms with E-state index in [1.54, 1.807) is 0 Å². The maximum atomic E-state index is 12.6. The Balaban J connectivity index is 3.13. The molecule has 1 amide bonds. The third-order valence-electron chi connectivity index (χ3n) is 2.98. The average molecular weight is 350 g/mol. The van der Waals surface area contributed by atoms with Gasteiger partial charge in [0, 0.05) is 26.2 Å². The van der Waals surface area contributed by atoms with Crippen molar-refractivity contribution < 1.29 is 37.5 Å². The van der Waals surface area contributed by atoms with Gasteiger partial charge in [-0.2, -0.15) is 13.2 Å². The van der Waals surface area contributed by atoms with E-state index in [0.29, 0.717) is 12.1 Å². The minimum atomic E-state index is -4.82. The molecule has 0 aromatic heterocycles. The van der Waals surface area contributed by atoms with E-state index in [0.717, 1.165) is 0 Å². The van der Waals surface area contributed by atoms with Crippen LogP contribution >= 0.6 is 0 Å². The van der Waals surface area contributed by atoms with E-state index in [-0.39, 0.29) is 19.1 Å². The highest BCUT2D eigenvalue weighted by Crippen LogP contribution is 2.33. The first-order valence-electron chi connectivity index (χ1n) is 6.46. The summed E-state index contributed by atoms with van der Waals surface area (Å²) in [6, 6.07) is -0.0441. The zero-order chi connectivity index (χ0) is 18.5. The molecule has 1 rings (SSSR count). The molecule has 0 spiro atoms. The molecule has 1 aromatic carbocycles. The monoisotopic (exact) mass is 350 g/mol. The Labute approximate surface area is 133 Å². The Morgan fingerprint density at radius 2 is 2.04 bits per heavy atom. The second kappa shape index (κ2) is 7.73. The van der Waals surface area contributed by atoms with Crippen molar-refractivity contribution in [1.82, 2.24) is 5.32 Å². The van der Waals surface area contributed by atoms with Crippen LogP contribution in [0, 0.1) is 10.1 Å². The lowest BCUT2D eigenvalue weighted by molar-refractivity contribution is -0.385. The first kappa shape index (κ1) is 19.4. The smallest absolute Gasteiger partial charge is 0.416 e. The van der Waals surface area contributed by atoms with E-state index >= 15 is 0 Å². The lowest BCUT2D eigenvalue weighted by atomic mass is 10.1. The van der Waals surface area contributed by atoms with Crippen molar-refractivity contribution >= 4 is 17.6 Å². The van der Waals surface area contributed by atoms with Gasteiger partial charge in [-0.05, 0) is 12.1 Å². The normalized spacial score (nSPS) is 12.5. The van der Waals surface area contributed by atoms with Crippen molar-refractivity contribution in [2.75, 3.05) is 13.7 Å². The SMILES string of the molecule is COCCC(NC(=O)c1ccc(C(F)(F)F)cc1[N+](=O)[O-])C(=O)O. The number of alkyl halides is 3. The van der Waals surface area contributed by atoms with Gasteiger partial charge < -0.3 is 15.2 Å². The van der Waals surface area contributed by atoms with E-state index in [4.69, 9.17) is 5.11 Å². The van der Waals surface area contributed by atoms with Crippen molar-refractivity contribution in [3.05, 3.63) is 39.4 Å². The summed E-state index contributed by atoms with van der Waals surface area (Å²) in [6.07, 6.45) is -4.94. The Kier molecular flexibility index (Phi) is 6.23. The number of methoxy groups -OCH3 is 1. The van der Waals surface area contributed by atoms with E-state index in [2.05, 4.69) is 4.74 Å². The third kappa shape index (κ3) is 4.91. The molecule has 0 saturated carbocycles. The van der Waals surface area contributed by atoms with Gasteiger partial charge >= 0.3 is 12.1 Å². The maximum Gasteiger partial charge on any atom is 0.416 e. The summed E-state index contributed by atoms with van der Waals surface area (Å²) >= 11 is 0. The first-order chi connectivity index (χ1) is 11.1. The minimum absolute atomic E-state index is 0.00759. The van der Waals surface area contributed by atoms with Crippen LogP contribution in [0.3, 0.4) is 0 Å². The van der Waals surface area contributed by atoms with E-state index in [1.807, 2.05) is 5.32 Å². The highest BCUT2D eigenvalue weighted by molar-refractivity contribution is 6.00. The number of benzene rings is 1. The highest BCUT2D eigenvalue weighted by atomic mass is 19.4. The van der Waals surface area contributed by atoms with Crippen LogP contribution in [0.15, 0.2) is 18.2 Å². The molecule has 0 aliphatic heterocycles. The summed E-state index contributed by atoms with van der Waals surface area (Å²) in [7, 11) is 1.31. The highest BCUT2D eigenvalue weighted by Gasteiger charge is 2.34. The lowest BCUT2D eigenvalue weighted by Gasteiger charge is -2.14. The van der Waals surface area contributed by atoms with Crippen molar-refractivity contribution in [3.8, 4) is 0 Å². The number of nitrogens with zero attached hydrogens (tertiary/aromatic N) is 1.